The molecular weight excluding hydrogens is 442 g/mol. The molecule has 0 radical (unpaired) electrons. The number of aliphatic imine (C=N–C) groups is 1. The Labute approximate surface area is 208 Å². The molecule has 0 bridgehead atoms. The van der Waals surface area contributed by atoms with Crippen molar-refractivity contribution in [1.82, 2.24) is 4.98 Å². The van der Waals surface area contributed by atoms with Gasteiger partial charge in [-0.15, -0.1) is 0 Å². The highest BCUT2D eigenvalue weighted by atomic mass is 16.5. The van der Waals surface area contributed by atoms with Crippen LogP contribution in [0.2, 0.25) is 0 Å². The number of hydrogen-bond acceptors (Lipinski definition) is 7. The van der Waals surface area contributed by atoms with Gasteiger partial charge in [-0.3, -0.25) is 9.79 Å². The standard InChI is InChI=1S/C28H37N3O4/c1-22-7-5-8-23(17-22)20-29-21-24-18-25(31-12-15-33-16-13-31)19-27(30-24)34-14-6-11-28(32)35-26-9-3-2-4-10-26/h5,7-8,17-20,26H,2-4,6,9-16,21H2,1H3. The summed E-state index contributed by atoms with van der Waals surface area (Å²) in [6.45, 7) is 6.06. The summed E-state index contributed by atoms with van der Waals surface area (Å²) >= 11 is 0. The molecule has 35 heavy (non-hydrogen) atoms. The van der Waals surface area contributed by atoms with Crippen molar-refractivity contribution in [2.45, 2.75) is 64.5 Å². The molecule has 0 N–H and O–H groups in total. The zero-order valence-corrected chi connectivity index (χ0v) is 20.8. The minimum atomic E-state index is -0.123. The third-order valence-corrected chi connectivity index (χ3v) is 6.38. The summed E-state index contributed by atoms with van der Waals surface area (Å²) in [5, 5.41) is 0. The molecule has 1 aromatic heterocycles. The van der Waals surface area contributed by atoms with E-state index in [4.69, 9.17) is 14.2 Å². The molecule has 4 rings (SSSR count). The molecule has 2 aromatic rings. The molecular formula is C28H37N3O4. The van der Waals surface area contributed by atoms with Gasteiger partial charge in [-0.05, 0) is 50.7 Å². The van der Waals surface area contributed by atoms with Crippen molar-refractivity contribution in [1.29, 1.82) is 0 Å². The van der Waals surface area contributed by atoms with Crippen LogP contribution in [0.3, 0.4) is 0 Å². The lowest BCUT2D eigenvalue weighted by molar-refractivity contribution is -0.150. The maximum atomic E-state index is 12.2. The molecule has 0 amide bonds. The highest BCUT2D eigenvalue weighted by molar-refractivity contribution is 5.79. The van der Waals surface area contributed by atoms with Crippen LogP contribution < -0.4 is 9.64 Å². The lowest BCUT2D eigenvalue weighted by atomic mass is 9.98. The first-order valence-electron chi connectivity index (χ1n) is 12.9. The molecule has 2 aliphatic rings. The third kappa shape index (κ3) is 8.35. The van der Waals surface area contributed by atoms with E-state index in [2.05, 4.69) is 40.0 Å². The van der Waals surface area contributed by atoms with Gasteiger partial charge in [0.05, 0.1) is 32.1 Å². The van der Waals surface area contributed by atoms with Crippen LogP contribution in [0.15, 0.2) is 41.4 Å². The Morgan fingerprint density at radius 1 is 1.17 bits per heavy atom. The van der Waals surface area contributed by atoms with Crippen LogP contribution in [0.25, 0.3) is 0 Å². The van der Waals surface area contributed by atoms with Crippen LogP contribution >= 0.6 is 0 Å². The number of carbonyl (C=O) groups is 1. The summed E-state index contributed by atoms with van der Waals surface area (Å²) in [4.78, 5) is 23.7. The van der Waals surface area contributed by atoms with Crippen molar-refractivity contribution in [3.63, 3.8) is 0 Å². The summed E-state index contributed by atoms with van der Waals surface area (Å²) in [5.74, 6) is 0.442. The second-order valence-corrected chi connectivity index (χ2v) is 9.34. The van der Waals surface area contributed by atoms with E-state index in [0.29, 0.717) is 45.1 Å². The third-order valence-electron chi connectivity index (χ3n) is 6.38. The van der Waals surface area contributed by atoms with Crippen LogP contribution in [0, 0.1) is 6.92 Å². The highest BCUT2D eigenvalue weighted by Gasteiger charge is 2.18. The fourth-order valence-corrected chi connectivity index (χ4v) is 4.52. The largest absolute Gasteiger partial charge is 0.478 e. The topological polar surface area (TPSA) is 73.2 Å². The van der Waals surface area contributed by atoms with E-state index < -0.39 is 0 Å². The van der Waals surface area contributed by atoms with Gasteiger partial charge in [0.15, 0.2) is 0 Å². The van der Waals surface area contributed by atoms with E-state index in [1.54, 1.807) is 0 Å². The number of pyridine rings is 1. The van der Waals surface area contributed by atoms with Crippen molar-refractivity contribution >= 4 is 17.9 Å². The molecule has 2 heterocycles. The summed E-state index contributed by atoms with van der Waals surface area (Å²) in [6, 6.07) is 12.3. The molecule has 188 valence electrons. The zero-order valence-electron chi connectivity index (χ0n) is 20.8. The number of anilines is 1. The fraction of sp³-hybridized carbons (Fsp3) is 0.536. The molecule has 0 unspecified atom stereocenters. The molecule has 7 nitrogen and oxygen atoms in total. The minimum absolute atomic E-state index is 0.104. The number of benzene rings is 1. The lowest BCUT2D eigenvalue weighted by Crippen LogP contribution is -2.36. The Morgan fingerprint density at radius 3 is 2.80 bits per heavy atom. The molecule has 2 fully saturated rings. The Morgan fingerprint density at radius 2 is 2.00 bits per heavy atom. The van der Waals surface area contributed by atoms with E-state index in [9.17, 15) is 4.79 Å². The van der Waals surface area contributed by atoms with E-state index in [0.717, 1.165) is 55.7 Å². The van der Waals surface area contributed by atoms with Crippen LogP contribution in [0.4, 0.5) is 5.69 Å². The summed E-state index contributed by atoms with van der Waals surface area (Å²) in [5.41, 5.74) is 4.20. The van der Waals surface area contributed by atoms with E-state index >= 15 is 0 Å². The van der Waals surface area contributed by atoms with Gasteiger partial charge in [0.1, 0.15) is 6.10 Å². The van der Waals surface area contributed by atoms with Crippen molar-refractivity contribution < 1.29 is 19.0 Å². The Hall–Kier alpha value is -2.93. The molecule has 1 aromatic carbocycles. The predicted molar refractivity (Wildman–Crippen MR) is 137 cm³/mol. The maximum Gasteiger partial charge on any atom is 0.306 e. The van der Waals surface area contributed by atoms with Gasteiger partial charge in [0, 0.05) is 37.5 Å². The molecule has 1 aliphatic heterocycles. The number of hydrogen-bond donors (Lipinski definition) is 0. The zero-order chi connectivity index (χ0) is 24.3. The normalized spacial score (nSPS) is 17.0. The summed E-state index contributed by atoms with van der Waals surface area (Å²) < 4.78 is 17.1. The first-order chi connectivity index (χ1) is 17.2. The van der Waals surface area contributed by atoms with E-state index in [1.807, 2.05) is 24.4 Å². The number of esters is 1. The fourth-order valence-electron chi connectivity index (χ4n) is 4.52. The first kappa shape index (κ1) is 25.2. The Kier molecular flexibility index (Phi) is 9.52. The van der Waals surface area contributed by atoms with Gasteiger partial charge in [-0.2, -0.15) is 0 Å². The number of aryl methyl sites for hydroxylation is 1. The van der Waals surface area contributed by atoms with Crippen molar-refractivity contribution in [3.8, 4) is 5.88 Å². The van der Waals surface area contributed by atoms with Crippen molar-refractivity contribution in [2.24, 2.45) is 4.99 Å². The minimum Gasteiger partial charge on any atom is -0.478 e. The number of morpholine rings is 1. The lowest BCUT2D eigenvalue weighted by Gasteiger charge is -2.29. The monoisotopic (exact) mass is 479 g/mol. The SMILES string of the molecule is Cc1cccc(C=NCc2cc(N3CCOCC3)cc(OCCCC(=O)OC3CCCCC3)n2)c1. The van der Waals surface area contributed by atoms with Crippen LogP contribution in [0.5, 0.6) is 5.88 Å². The van der Waals surface area contributed by atoms with Gasteiger partial charge in [-0.25, -0.2) is 4.98 Å². The molecule has 1 saturated heterocycles. The predicted octanol–water partition coefficient (Wildman–Crippen LogP) is 4.88. The van der Waals surface area contributed by atoms with Crippen LogP contribution in [-0.2, 0) is 20.8 Å². The van der Waals surface area contributed by atoms with Crippen molar-refractivity contribution in [2.75, 3.05) is 37.8 Å². The van der Waals surface area contributed by atoms with E-state index in [1.165, 1.54) is 12.0 Å². The number of carbonyl (C=O) groups excluding carboxylic acids is 1. The second kappa shape index (κ2) is 13.2. The number of rotatable bonds is 10. The van der Waals surface area contributed by atoms with Crippen LogP contribution in [-0.4, -0.2) is 56.2 Å². The molecule has 0 spiro atoms. The molecule has 0 atom stereocenters. The summed E-state index contributed by atoms with van der Waals surface area (Å²) in [7, 11) is 0. The van der Waals surface area contributed by atoms with E-state index in [-0.39, 0.29) is 12.1 Å². The van der Waals surface area contributed by atoms with Crippen LogP contribution in [0.1, 0.15) is 61.8 Å². The van der Waals surface area contributed by atoms with Gasteiger partial charge in [0.25, 0.3) is 0 Å². The average molecular weight is 480 g/mol. The quantitative estimate of drug-likeness (QED) is 0.275. The highest BCUT2D eigenvalue weighted by Crippen LogP contribution is 2.24. The van der Waals surface area contributed by atoms with Crippen molar-refractivity contribution in [3.05, 3.63) is 53.2 Å². The Bertz CT molecular complexity index is 982. The second-order valence-electron chi connectivity index (χ2n) is 9.34. The average Bonchev–Trinajstić information content (AvgIpc) is 2.88. The van der Waals surface area contributed by atoms with Gasteiger partial charge in [0.2, 0.25) is 5.88 Å². The maximum absolute atomic E-state index is 12.2. The Balaban J connectivity index is 1.33. The van der Waals surface area contributed by atoms with Gasteiger partial charge in [-0.1, -0.05) is 36.2 Å². The number of aromatic nitrogens is 1. The first-order valence-corrected chi connectivity index (χ1v) is 12.9. The van der Waals surface area contributed by atoms with Gasteiger partial charge >= 0.3 is 5.97 Å². The number of nitrogens with zero attached hydrogens (tertiary/aromatic N) is 3. The van der Waals surface area contributed by atoms with Gasteiger partial charge < -0.3 is 19.1 Å². The molecule has 7 heteroatoms. The molecule has 1 aliphatic carbocycles. The number of ether oxygens (including phenoxy) is 3. The summed E-state index contributed by atoms with van der Waals surface area (Å²) in [6.07, 6.45) is 8.51. The smallest absolute Gasteiger partial charge is 0.306 e. The molecule has 1 saturated carbocycles.